The molecule has 0 unspecified atom stereocenters. The molecule has 2 aromatic rings. The second-order valence-corrected chi connectivity index (χ2v) is 6.25. The molecule has 3 N–H and O–H groups in total. The Morgan fingerprint density at radius 1 is 1.25 bits per heavy atom. The van der Waals surface area contributed by atoms with E-state index < -0.39 is 0 Å². The number of anilines is 2. The Bertz CT molecular complexity index is 592. The van der Waals surface area contributed by atoms with Gasteiger partial charge in [-0.3, -0.25) is 0 Å². The second-order valence-electron chi connectivity index (χ2n) is 6.25. The Morgan fingerprint density at radius 2 is 2.00 bits per heavy atom. The largest absolute Gasteiger partial charge is 0.399 e. The van der Waals surface area contributed by atoms with Gasteiger partial charge in [0.1, 0.15) is 12.1 Å². The molecule has 5 heteroatoms. The second kappa shape index (κ2) is 5.63. The molecule has 1 aromatic heterocycles. The maximum absolute atomic E-state index is 5.79. The minimum Gasteiger partial charge on any atom is -0.399 e. The molecule has 0 aliphatic carbocycles. The lowest BCUT2D eigenvalue weighted by Gasteiger charge is -2.28. The minimum absolute atomic E-state index is 0.161. The standard InChI is InChI=1S/C15H23N5/c1-15(2,9-20(3)4)8-17-14-12-6-5-11(16)7-13(12)18-10-19-14/h5-7,10H,8-9,16H2,1-4H3,(H,17,18,19). The normalized spacial score (nSPS) is 12.1. The lowest BCUT2D eigenvalue weighted by molar-refractivity contribution is 0.254. The molecule has 0 fully saturated rings. The van der Waals surface area contributed by atoms with Crippen LogP contribution in [0.15, 0.2) is 24.5 Å². The molecule has 0 bridgehead atoms. The van der Waals surface area contributed by atoms with Gasteiger partial charge in [-0.05, 0) is 37.7 Å². The van der Waals surface area contributed by atoms with E-state index in [1.807, 2.05) is 18.2 Å². The number of nitrogen functional groups attached to an aromatic ring is 1. The van der Waals surface area contributed by atoms with Crippen LogP contribution in [0.3, 0.4) is 0 Å². The highest BCUT2D eigenvalue weighted by molar-refractivity contribution is 5.90. The third kappa shape index (κ3) is 3.57. The number of nitrogens with two attached hydrogens (primary N) is 1. The van der Waals surface area contributed by atoms with E-state index in [-0.39, 0.29) is 5.41 Å². The van der Waals surface area contributed by atoms with Gasteiger partial charge in [0.05, 0.1) is 5.52 Å². The predicted molar refractivity (Wildman–Crippen MR) is 84.8 cm³/mol. The third-order valence-corrected chi connectivity index (χ3v) is 3.14. The summed E-state index contributed by atoms with van der Waals surface area (Å²) in [5.74, 6) is 0.863. The van der Waals surface area contributed by atoms with Gasteiger partial charge >= 0.3 is 0 Å². The van der Waals surface area contributed by atoms with Crippen LogP contribution in [0.2, 0.25) is 0 Å². The molecule has 0 atom stereocenters. The fourth-order valence-electron chi connectivity index (χ4n) is 2.45. The predicted octanol–water partition coefficient (Wildman–Crippen LogP) is 2.21. The van der Waals surface area contributed by atoms with E-state index in [4.69, 9.17) is 5.73 Å². The smallest absolute Gasteiger partial charge is 0.137 e. The summed E-state index contributed by atoms with van der Waals surface area (Å²) in [6.45, 7) is 6.33. The molecular weight excluding hydrogens is 250 g/mol. The van der Waals surface area contributed by atoms with Crippen LogP contribution in [0.5, 0.6) is 0 Å². The highest BCUT2D eigenvalue weighted by atomic mass is 15.1. The van der Waals surface area contributed by atoms with Crippen LogP contribution in [-0.2, 0) is 0 Å². The van der Waals surface area contributed by atoms with Gasteiger partial charge in [-0.15, -0.1) is 0 Å². The molecule has 0 saturated heterocycles. The van der Waals surface area contributed by atoms with Crippen molar-refractivity contribution in [1.82, 2.24) is 14.9 Å². The first-order chi connectivity index (χ1) is 9.37. The van der Waals surface area contributed by atoms with Crippen molar-refractivity contribution in [2.75, 3.05) is 38.2 Å². The van der Waals surface area contributed by atoms with Crippen molar-refractivity contribution in [3.8, 4) is 0 Å². The first kappa shape index (κ1) is 14.5. The van der Waals surface area contributed by atoms with Gasteiger partial charge in [-0.25, -0.2) is 9.97 Å². The van der Waals surface area contributed by atoms with Crippen LogP contribution in [0.1, 0.15) is 13.8 Å². The van der Waals surface area contributed by atoms with Crippen molar-refractivity contribution >= 4 is 22.4 Å². The number of hydrogen-bond donors (Lipinski definition) is 2. The summed E-state index contributed by atoms with van der Waals surface area (Å²) in [7, 11) is 4.18. The topological polar surface area (TPSA) is 67.1 Å². The van der Waals surface area contributed by atoms with E-state index in [9.17, 15) is 0 Å². The van der Waals surface area contributed by atoms with Crippen molar-refractivity contribution in [2.45, 2.75) is 13.8 Å². The number of aromatic nitrogens is 2. The van der Waals surface area contributed by atoms with E-state index >= 15 is 0 Å². The lowest BCUT2D eigenvalue weighted by atomic mass is 9.93. The Morgan fingerprint density at radius 3 is 2.70 bits per heavy atom. The van der Waals surface area contributed by atoms with Gasteiger partial charge in [0, 0.05) is 24.2 Å². The number of hydrogen-bond acceptors (Lipinski definition) is 5. The summed E-state index contributed by atoms with van der Waals surface area (Å²) in [6.07, 6.45) is 1.57. The molecule has 20 heavy (non-hydrogen) atoms. The van der Waals surface area contributed by atoms with Gasteiger partial charge in [-0.2, -0.15) is 0 Å². The fourth-order valence-corrected chi connectivity index (χ4v) is 2.45. The Kier molecular flexibility index (Phi) is 4.09. The highest BCUT2D eigenvalue weighted by Crippen LogP contribution is 2.23. The summed E-state index contributed by atoms with van der Waals surface area (Å²) < 4.78 is 0. The van der Waals surface area contributed by atoms with Crippen molar-refractivity contribution in [2.24, 2.45) is 5.41 Å². The Labute approximate surface area is 120 Å². The van der Waals surface area contributed by atoms with E-state index in [1.54, 1.807) is 6.33 Å². The molecule has 1 aromatic carbocycles. The minimum atomic E-state index is 0.161. The SMILES string of the molecule is CN(C)CC(C)(C)CNc1ncnc2cc(N)ccc12. The van der Waals surface area contributed by atoms with Crippen LogP contribution in [0.4, 0.5) is 11.5 Å². The average Bonchev–Trinajstić information content (AvgIpc) is 2.34. The van der Waals surface area contributed by atoms with Crippen LogP contribution < -0.4 is 11.1 Å². The zero-order valence-electron chi connectivity index (χ0n) is 12.6. The fraction of sp³-hybridized carbons (Fsp3) is 0.467. The van der Waals surface area contributed by atoms with Crippen LogP contribution in [0, 0.1) is 5.41 Å². The molecule has 0 spiro atoms. The maximum Gasteiger partial charge on any atom is 0.137 e. The molecule has 0 saturated carbocycles. The molecule has 2 rings (SSSR count). The van der Waals surface area contributed by atoms with Gasteiger partial charge in [0.25, 0.3) is 0 Å². The Balaban J connectivity index is 2.18. The number of nitrogens with zero attached hydrogens (tertiary/aromatic N) is 3. The summed E-state index contributed by atoms with van der Waals surface area (Å²) in [5, 5.41) is 4.44. The van der Waals surface area contributed by atoms with Crippen molar-refractivity contribution in [1.29, 1.82) is 0 Å². The summed E-state index contributed by atoms with van der Waals surface area (Å²) in [6, 6.07) is 5.71. The van der Waals surface area contributed by atoms with E-state index in [0.29, 0.717) is 0 Å². The molecule has 0 radical (unpaired) electrons. The average molecular weight is 273 g/mol. The first-order valence-electron chi connectivity index (χ1n) is 6.76. The van der Waals surface area contributed by atoms with Crippen molar-refractivity contribution < 1.29 is 0 Å². The van der Waals surface area contributed by atoms with Crippen molar-refractivity contribution in [3.63, 3.8) is 0 Å². The molecule has 0 amide bonds. The molecule has 1 heterocycles. The molecule has 5 nitrogen and oxygen atoms in total. The van der Waals surface area contributed by atoms with E-state index in [1.165, 1.54) is 0 Å². The zero-order valence-corrected chi connectivity index (χ0v) is 12.6. The third-order valence-electron chi connectivity index (χ3n) is 3.14. The van der Waals surface area contributed by atoms with E-state index in [0.717, 1.165) is 35.5 Å². The Hall–Kier alpha value is -1.88. The number of rotatable bonds is 5. The van der Waals surface area contributed by atoms with Crippen molar-refractivity contribution in [3.05, 3.63) is 24.5 Å². The summed E-state index contributed by atoms with van der Waals surface area (Å²) in [4.78, 5) is 10.8. The van der Waals surface area contributed by atoms with Crippen LogP contribution in [-0.4, -0.2) is 42.1 Å². The maximum atomic E-state index is 5.79. The molecule has 0 aliphatic rings. The van der Waals surface area contributed by atoms with Crippen LogP contribution in [0.25, 0.3) is 10.9 Å². The summed E-state index contributed by atoms with van der Waals surface area (Å²) >= 11 is 0. The quantitative estimate of drug-likeness (QED) is 0.818. The number of benzene rings is 1. The van der Waals surface area contributed by atoms with Gasteiger partial charge in [0.15, 0.2) is 0 Å². The number of nitrogens with one attached hydrogen (secondary N) is 1. The monoisotopic (exact) mass is 273 g/mol. The molecule has 108 valence electrons. The molecule has 0 aliphatic heterocycles. The first-order valence-corrected chi connectivity index (χ1v) is 6.76. The van der Waals surface area contributed by atoms with Crippen LogP contribution >= 0.6 is 0 Å². The van der Waals surface area contributed by atoms with E-state index in [2.05, 4.69) is 48.1 Å². The van der Waals surface area contributed by atoms with Gasteiger partial charge < -0.3 is 16.0 Å². The van der Waals surface area contributed by atoms with Gasteiger partial charge in [0.2, 0.25) is 0 Å². The summed E-state index contributed by atoms with van der Waals surface area (Å²) in [5.41, 5.74) is 7.53. The molecular formula is C15H23N5. The van der Waals surface area contributed by atoms with Gasteiger partial charge in [-0.1, -0.05) is 13.8 Å². The lowest BCUT2D eigenvalue weighted by Crippen LogP contribution is -2.34. The number of fused-ring (bicyclic) bond motifs is 1. The zero-order chi connectivity index (χ0) is 14.8. The highest BCUT2D eigenvalue weighted by Gasteiger charge is 2.19.